The van der Waals surface area contributed by atoms with E-state index in [2.05, 4.69) is 51.8 Å². The summed E-state index contributed by atoms with van der Waals surface area (Å²) in [6.07, 6.45) is 0. The van der Waals surface area contributed by atoms with Crippen molar-refractivity contribution in [3.8, 4) is 5.69 Å². The average molecular weight is 392 g/mol. The standard InChI is InChI=1S/C23H29N5O/c1-16-10-12-19(13-11-16)22(27(4)5)15-24-23(29)25-20-8-6-7-9-21(20)28-18(3)14-17(2)26-28/h6-14,22H,15H2,1-5H3,(H2,24,25,29). The lowest BCUT2D eigenvalue weighted by Crippen LogP contribution is -2.37. The summed E-state index contributed by atoms with van der Waals surface area (Å²) in [7, 11) is 4.03. The Hall–Kier alpha value is -3.12. The first-order valence-electron chi connectivity index (χ1n) is 9.75. The van der Waals surface area contributed by atoms with E-state index in [4.69, 9.17) is 0 Å². The third-order valence-electron chi connectivity index (χ3n) is 4.93. The van der Waals surface area contributed by atoms with Crippen LogP contribution in [0.25, 0.3) is 5.69 Å². The molecule has 0 bridgehead atoms. The van der Waals surface area contributed by atoms with Gasteiger partial charge in [0.25, 0.3) is 0 Å². The predicted octanol–water partition coefficient (Wildman–Crippen LogP) is 4.22. The third-order valence-corrected chi connectivity index (χ3v) is 4.93. The summed E-state index contributed by atoms with van der Waals surface area (Å²) >= 11 is 0. The van der Waals surface area contributed by atoms with E-state index in [9.17, 15) is 4.79 Å². The number of hydrogen-bond acceptors (Lipinski definition) is 3. The number of nitrogens with zero attached hydrogens (tertiary/aromatic N) is 3. The maximum absolute atomic E-state index is 12.6. The molecule has 0 aliphatic heterocycles. The lowest BCUT2D eigenvalue weighted by atomic mass is 10.0. The highest BCUT2D eigenvalue weighted by molar-refractivity contribution is 5.91. The molecule has 1 atom stereocenters. The molecule has 0 aliphatic rings. The second-order valence-corrected chi connectivity index (χ2v) is 7.58. The molecule has 0 fully saturated rings. The van der Waals surface area contributed by atoms with Gasteiger partial charge in [0.1, 0.15) is 0 Å². The molecule has 0 spiro atoms. The quantitative estimate of drug-likeness (QED) is 0.661. The number of urea groups is 1. The summed E-state index contributed by atoms with van der Waals surface area (Å²) in [4.78, 5) is 14.7. The molecule has 0 saturated carbocycles. The highest BCUT2D eigenvalue weighted by Gasteiger charge is 2.16. The van der Waals surface area contributed by atoms with Gasteiger partial charge in [0.15, 0.2) is 0 Å². The summed E-state index contributed by atoms with van der Waals surface area (Å²) in [5, 5.41) is 10.5. The molecule has 0 aliphatic carbocycles. The van der Waals surface area contributed by atoms with Crippen LogP contribution in [0, 0.1) is 20.8 Å². The fourth-order valence-electron chi connectivity index (χ4n) is 3.38. The van der Waals surface area contributed by atoms with Gasteiger partial charge >= 0.3 is 6.03 Å². The summed E-state index contributed by atoms with van der Waals surface area (Å²) in [5.74, 6) is 0. The van der Waals surface area contributed by atoms with Crippen LogP contribution in [-0.2, 0) is 0 Å². The molecule has 1 heterocycles. The van der Waals surface area contributed by atoms with Gasteiger partial charge in [0.05, 0.1) is 23.1 Å². The van der Waals surface area contributed by atoms with Crippen LogP contribution in [0.15, 0.2) is 54.6 Å². The van der Waals surface area contributed by atoms with Gasteiger partial charge in [0.2, 0.25) is 0 Å². The lowest BCUT2D eigenvalue weighted by Gasteiger charge is -2.25. The number of aromatic nitrogens is 2. The number of aryl methyl sites for hydroxylation is 3. The van der Waals surface area contributed by atoms with Crippen LogP contribution in [0.2, 0.25) is 0 Å². The normalized spacial score (nSPS) is 12.1. The van der Waals surface area contributed by atoms with E-state index < -0.39 is 0 Å². The minimum Gasteiger partial charge on any atom is -0.336 e. The maximum atomic E-state index is 12.6. The Labute approximate surface area is 172 Å². The van der Waals surface area contributed by atoms with E-state index in [0.717, 1.165) is 17.1 Å². The zero-order valence-corrected chi connectivity index (χ0v) is 17.7. The van der Waals surface area contributed by atoms with Gasteiger partial charge in [-0.05, 0) is 58.6 Å². The van der Waals surface area contributed by atoms with Gasteiger partial charge in [-0.2, -0.15) is 5.10 Å². The Morgan fingerprint density at radius 1 is 1.07 bits per heavy atom. The summed E-state index contributed by atoms with van der Waals surface area (Å²) in [5.41, 5.74) is 5.91. The largest absolute Gasteiger partial charge is 0.336 e. The molecule has 0 saturated heterocycles. The van der Waals surface area contributed by atoms with Crippen molar-refractivity contribution in [2.45, 2.75) is 26.8 Å². The highest BCUT2D eigenvalue weighted by Crippen LogP contribution is 2.22. The summed E-state index contributed by atoms with van der Waals surface area (Å²) in [6, 6.07) is 17.9. The van der Waals surface area contributed by atoms with E-state index >= 15 is 0 Å². The lowest BCUT2D eigenvalue weighted by molar-refractivity contribution is 0.243. The van der Waals surface area contributed by atoms with E-state index in [1.165, 1.54) is 11.1 Å². The molecule has 2 aromatic carbocycles. The number of nitrogens with one attached hydrogen (secondary N) is 2. The number of anilines is 1. The van der Waals surface area contributed by atoms with Gasteiger partial charge in [-0.1, -0.05) is 42.0 Å². The van der Waals surface area contributed by atoms with Crippen molar-refractivity contribution in [1.29, 1.82) is 0 Å². The van der Waals surface area contributed by atoms with Gasteiger partial charge in [-0.25, -0.2) is 9.48 Å². The number of rotatable bonds is 6. The van der Waals surface area contributed by atoms with E-state index in [0.29, 0.717) is 12.2 Å². The summed E-state index contributed by atoms with van der Waals surface area (Å²) in [6.45, 7) is 6.53. The molecule has 2 amide bonds. The number of likely N-dealkylation sites (N-methyl/N-ethyl adjacent to an activating group) is 1. The Kier molecular flexibility index (Phi) is 6.34. The van der Waals surface area contributed by atoms with Crippen LogP contribution < -0.4 is 10.6 Å². The van der Waals surface area contributed by atoms with Crippen LogP contribution in [0.1, 0.15) is 28.6 Å². The first-order chi connectivity index (χ1) is 13.8. The minimum absolute atomic E-state index is 0.0904. The number of amides is 2. The van der Waals surface area contributed by atoms with Crippen molar-refractivity contribution >= 4 is 11.7 Å². The van der Waals surface area contributed by atoms with Gasteiger partial charge in [-0.3, -0.25) is 0 Å². The first kappa shape index (κ1) is 20.6. The van der Waals surface area contributed by atoms with Crippen molar-refractivity contribution < 1.29 is 4.79 Å². The van der Waals surface area contributed by atoms with Crippen LogP contribution >= 0.6 is 0 Å². The number of carbonyl (C=O) groups excluding carboxylic acids is 1. The van der Waals surface area contributed by atoms with Gasteiger partial charge in [-0.15, -0.1) is 0 Å². The molecule has 1 unspecified atom stereocenters. The van der Waals surface area contributed by atoms with Crippen molar-refractivity contribution in [1.82, 2.24) is 20.0 Å². The smallest absolute Gasteiger partial charge is 0.319 e. The molecular formula is C23H29N5O. The molecule has 1 aromatic heterocycles. The molecule has 3 rings (SSSR count). The fourth-order valence-corrected chi connectivity index (χ4v) is 3.38. The zero-order chi connectivity index (χ0) is 21.0. The number of carbonyl (C=O) groups is 1. The second-order valence-electron chi connectivity index (χ2n) is 7.58. The minimum atomic E-state index is -0.238. The van der Waals surface area contributed by atoms with Crippen molar-refractivity contribution in [3.63, 3.8) is 0 Å². The molecule has 3 aromatic rings. The fraction of sp³-hybridized carbons (Fsp3) is 0.304. The van der Waals surface area contributed by atoms with Crippen LogP contribution in [0.4, 0.5) is 10.5 Å². The van der Waals surface area contributed by atoms with Crippen LogP contribution in [0.3, 0.4) is 0 Å². The molecule has 6 nitrogen and oxygen atoms in total. The Bertz CT molecular complexity index is 975. The van der Waals surface area contributed by atoms with Crippen LogP contribution in [-0.4, -0.2) is 41.4 Å². The van der Waals surface area contributed by atoms with E-state index in [1.807, 2.05) is 63.0 Å². The van der Waals surface area contributed by atoms with Gasteiger partial charge < -0.3 is 15.5 Å². The number of hydrogen-bond donors (Lipinski definition) is 2. The Balaban J connectivity index is 1.71. The predicted molar refractivity (Wildman–Crippen MR) is 118 cm³/mol. The zero-order valence-electron chi connectivity index (χ0n) is 17.7. The monoisotopic (exact) mass is 391 g/mol. The SMILES string of the molecule is Cc1ccc(C(CNC(=O)Nc2ccccc2-n2nc(C)cc2C)N(C)C)cc1. The van der Waals surface area contributed by atoms with Crippen molar-refractivity contribution in [2.24, 2.45) is 0 Å². The topological polar surface area (TPSA) is 62.2 Å². The molecule has 29 heavy (non-hydrogen) atoms. The third kappa shape index (κ3) is 5.03. The molecule has 152 valence electrons. The maximum Gasteiger partial charge on any atom is 0.319 e. The Morgan fingerprint density at radius 2 is 1.76 bits per heavy atom. The molecule has 0 radical (unpaired) electrons. The molecule has 6 heteroatoms. The van der Waals surface area contributed by atoms with Gasteiger partial charge in [0, 0.05) is 12.2 Å². The number of benzene rings is 2. The van der Waals surface area contributed by atoms with Crippen molar-refractivity contribution in [2.75, 3.05) is 26.0 Å². The second kappa shape index (κ2) is 8.92. The number of para-hydroxylation sites is 2. The van der Waals surface area contributed by atoms with Crippen LogP contribution in [0.5, 0.6) is 0 Å². The molecule has 2 N–H and O–H groups in total. The average Bonchev–Trinajstić information content (AvgIpc) is 3.01. The summed E-state index contributed by atoms with van der Waals surface area (Å²) < 4.78 is 1.85. The first-order valence-corrected chi connectivity index (χ1v) is 9.75. The highest BCUT2D eigenvalue weighted by atomic mass is 16.2. The van der Waals surface area contributed by atoms with Crippen molar-refractivity contribution in [3.05, 3.63) is 77.1 Å². The van der Waals surface area contributed by atoms with E-state index in [-0.39, 0.29) is 12.1 Å². The Morgan fingerprint density at radius 3 is 2.38 bits per heavy atom. The van der Waals surface area contributed by atoms with E-state index in [1.54, 1.807) is 0 Å². The molecular weight excluding hydrogens is 362 g/mol.